The van der Waals surface area contributed by atoms with Crippen LogP contribution in [-0.2, 0) is 0 Å². The van der Waals surface area contributed by atoms with Crippen LogP contribution < -0.4 is 10.6 Å². The fourth-order valence-corrected chi connectivity index (χ4v) is 5.06. The van der Waals surface area contributed by atoms with E-state index in [9.17, 15) is 9.59 Å². The van der Waals surface area contributed by atoms with E-state index in [-0.39, 0.29) is 27.7 Å². The summed E-state index contributed by atoms with van der Waals surface area (Å²) in [4.78, 5) is 31.5. The number of benzene rings is 1. The molecular formula is C23H26Cl2N4O2. The Bertz CT molecular complexity index is 949. The lowest BCUT2D eigenvalue weighted by atomic mass is 9.83. The lowest BCUT2D eigenvalue weighted by Gasteiger charge is -2.44. The third kappa shape index (κ3) is 5.37. The van der Waals surface area contributed by atoms with Crippen LogP contribution >= 0.6 is 23.2 Å². The van der Waals surface area contributed by atoms with Gasteiger partial charge >= 0.3 is 0 Å². The molecule has 2 saturated heterocycles. The quantitative estimate of drug-likeness (QED) is 0.637. The largest absolute Gasteiger partial charge is 0.352 e. The fourth-order valence-electron chi connectivity index (χ4n) is 4.63. The second-order valence-electron chi connectivity index (χ2n) is 8.22. The van der Waals surface area contributed by atoms with Crippen molar-refractivity contribution in [2.45, 2.75) is 38.1 Å². The van der Waals surface area contributed by atoms with Crippen LogP contribution in [0.15, 0.2) is 36.4 Å². The zero-order chi connectivity index (χ0) is 21.8. The number of halogens is 2. The van der Waals surface area contributed by atoms with Crippen molar-refractivity contribution < 1.29 is 9.59 Å². The van der Waals surface area contributed by atoms with Crippen LogP contribution in [0.2, 0.25) is 10.3 Å². The number of carbonyl (C=O) groups excluding carboxylic acids is 2. The van der Waals surface area contributed by atoms with Gasteiger partial charge in [0.2, 0.25) is 0 Å². The summed E-state index contributed by atoms with van der Waals surface area (Å²) >= 11 is 11.8. The molecule has 0 aliphatic carbocycles. The molecular weight excluding hydrogens is 435 g/mol. The molecule has 1 aromatic carbocycles. The molecule has 2 fully saturated rings. The molecule has 4 rings (SSSR count). The normalized spacial score (nSPS) is 21.2. The number of piperidine rings is 2. The molecule has 2 aliphatic heterocycles. The van der Waals surface area contributed by atoms with E-state index in [0.717, 1.165) is 0 Å². The molecule has 0 radical (unpaired) electrons. The van der Waals surface area contributed by atoms with Gasteiger partial charge in [-0.25, -0.2) is 4.98 Å². The molecule has 8 heteroatoms. The Labute approximate surface area is 192 Å². The van der Waals surface area contributed by atoms with Crippen LogP contribution in [0.25, 0.3) is 0 Å². The molecule has 2 aromatic rings. The summed E-state index contributed by atoms with van der Waals surface area (Å²) in [6.45, 7) is 3.10. The van der Waals surface area contributed by atoms with Gasteiger partial charge in [0, 0.05) is 23.8 Å². The molecule has 6 nitrogen and oxygen atoms in total. The Balaban J connectivity index is 1.32. The van der Waals surface area contributed by atoms with Gasteiger partial charge in [0.1, 0.15) is 10.3 Å². The van der Waals surface area contributed by atoms with Crippen LogP contribution in [0.5, 0.6) is 0 Å². The van der Waals surface area contributed by atoms with Crippen LogP contribution in [0, 0.1) is 5.92 Å². The lowest BCUT2D eigenvalue weighted by molar-refractivity contribution is 0.0575. The number of anilines is 1. The van der Waals surface area contributed by atoms with Gasteiger partial charge in [-0.3, -0.25) is 9.59 Å². The average Bonchev–Trinajstić information content (AvgIpc) is 2.78. The summed E-state index contributed by atoms with van der Waals surface area (Å²) in [5.41, 5.74) is 1.37. The number of nitrogens with one attached hydrogen (secondary N) is 2. The molecule has 2 N–H and O–H groups in total. The highest BCUT2D eigenvalue weighted by atomic mass is 35.5. The van der Waals surface area contributed by atoms with E-state index in [2.05, 4.69) is 20.5 Å². The predicted octanol–water partition coefficient (Wildman–Crippen LogP) is 4.64. The van der Waals surface area contributed by atoms with E-state index in [4.69, 9.17) is 23.2 Å². The minimum absolute atomic E-state index is 0.0419. The summed E-state index contributed by atoms with van der Waals surface area (Å²) in [7, 11) is 0. The van der Waals surface area contributed by atoms with Gasteiger partial charge < -0.3 is 15.5 Å². The van der Waals surface area contributed by atoms with Crippen molar-refractivity contribution in [1.29, 1.82) is 0 Å². The molecule has 2 amide bonds. The molecule has 3 heterocycles. The van der Waals surface area contributed by atoms with Crippen LogP contribution in [0.3, 0.4) is 0 Å². The number of pyridine rings is 1. The average molecular weight is 461 g/mol. The van der Waals surface area contributed by atoms with E-state index in [0.29, 0.717) is 29.8 Å². The molecule has 0 bridgehead atoms. The molecule has 2 aliphatic rings. The Hall–Kier alpha value is -2.15. The van der Waals surface area contributed by atoms with Crippen LogP contribution in [-0.4, -0.2) is 47.4 Å². The van der Waals surface area contributed by atoms with Crippen molar-refractivity contribution in [3.8, 4) is 0 Å². The zero-order valence-electron chi connectivity index (χ0n) is 17.2. The fraction of sp³-hybridized carbons (Fsp3) is 0.435. The summed E-state index contributed by atoms with van der Waals surface area (Å²) in [6, 6.07) is 10.5. The highest BCUT2D eigenvalue weighted by Crippen LogP contribution is 2.30. The minimum Gasteiger partial charge on any atom is -0.352 e. The topological polar surface area (TPSA) is 74.3 Å². The lowest BCUT2D eigenvalue weighted by Crippen LogP contribution is -2.51. The highest BCUT2D eigenvalue weighted by molar-refractivity contribution is 6.35. The number of aromatic nitrogens is 1. The molecule has 0 spiro atoms. The Morgan fingerprint density at radius 1 is 0.968 bits per heavy atom. The molecule has 2 atom stereocenters. The van der Waals surface area contributed by atoms with Gasteiger partial charge in [-0.15, -0.1) is 0 Å². The van der Waals surface area contributed by atoms with Crippen molar-refractivity contribution >= 4 is 40.7 Å². The number of carbonyl (C=O) groups is 2. The number of hydrogen-bond acceptors (Lipinski definition) is 4. The first-order chi connectivity index (χ1) is 15.0. The zero-order valence-corrected chi connectivity index (χ0v) is 18.8. The van der Waals surface area contributed by atoms with E-state index >= 15 is 0 Å². The standard InChI is InChI=1S/C23H26Cl2N4O2/c24-20-11-10-18(21(25)28-20)23(31)27-17-8-6-15(7-9-17)22(30)26-14-16-4-3-13-29-12-2-1-5-19(16)29/h6-11,16,19H,1-5,12-14H2,(H,26,30)(H,27,31). The molecule has 2 unspecified atom stereocenters. The van der Waals surface area contributed by atoms with E-state index < -0.39 is 0 Å². The van der Waals surface area contributed by atoms with Gasteiger partial charge in [-0.1, -0.05) is 29.6 Å². The van der Waals surface area contributed by atoms with Crippen molar-refractivity contribution in [2.75, 3.05) is 25.0 Å². The Kier molecular flexibility index (Phi) is 7.10. The van der Waals surface area contributed by atoms with E-state index in [1.165, 1.54) is 57.3 Å². The number of hydrogen-bond donors (Lipinski definition) is 2. The van der Waals surface area contributed by atoms with Gasteiger partial charge in [-0.05, 0) is 81.1 Å². The van der Waals surface area contributed by atoms with Gasteiger partial charge in [0.25, 0.3) is 11.8 Å². The highest BCUT2D eigenvalue weighted by Gasteiger charge is 2.32. The maximum absolute atomic E-state index is 12.6. The molecule has 164 valence electrons. The van der Waals surface area contributed by atoms with E-state index in [1.54, 1.807) is 24.3 Å². The van der Waals surface area contributed by atoms with Crippen molar-refractivity contribution in [3.63, 3.8) is 0 Å². The maximum atomic E-state index is 12.6. The van der Waals surface area contributed by atoms with Crippen molar-refractivity contribution in [2.24, 2.45) is 5.92 Å². The van der Waals surface area contributed by atoms with Crippen LogP contribution in [0.4, 0.5) is 5.69 Å². The van der Waals surface area contributed by atoms with Gasteiger partial charge in [0.05, 0.1) is 5.56 Å². The Morgan fingerprint density at radius 3 is 2.52 bits per heavy atom. The summed E-state index contributed by atoms with van der Waals surface area (Å²) in [6.07, 6.45) is 6.20. The second-order valence-corrected chi connectivity index (χ2v) is 8.96. The van der Waals surface area contributed by atoms with Gasteiger partial charge in [0.15, 0.2) is 0 Å². The van der Waals surface area contributed by atoms with E-state index in [1.807, 2.05) is 0 Å². The monoisotopic (exact) mass is 460 g/mol. The summed E-state index contributed by atoms with van der Waals surface area (Å²) in [5, 5.41) is 6.13. The SMILES string of the molecule is O=C(NCC1CCCN2CCCCC12)c1ccc(NC(=O)c2ccc(Cl)nc2Cl)cc1. The number of rotatable bonds is 5. The van der Waals surface area contributed by atoms with Crippen LogP contribution in [0.1, 0.15) is 52.8 Å². The Morgan fingerprint density at radius 2 is 1.74 bits per heavy atom. The number of fused-ring (bicyclic) bond motifs is 1. The third-order valence-corrected chi connectivity index (χ3v) is 6.72. The number of nitrogens with zero attached hydrogens (tertiary/aromatic N) is 2. The number of amides is 2. The molecule has 1 aromatic heterocycles. The molecule has 0 saturated carbocycles. The first-order valence-corrected chi connectivity index (χ1v) is 11.5. The smallest absolute Gasteiger partial charge is 0.258 e. The minimum atomic E-state index is -0.388. The second kappa shape index (κ2) is 9.98. The first kappa shape index (κ1) is 22.1. The first-order valence-electron chi connectivity index (χ1n) is 10.8. The maximum Gasteiger partial charge on any atom is 0.258 e. The predicted molar refractivity (Wildman–Crippen MR) is 123 cm³/mol. The van der Waals surface area contributed by atoms with Crippen molar-refractivity contribution in [3.05, 3.63) is 57.8 Å². The van der Waals surface area contributed by atoms with Gasteiger partial charge in [-0.2, -0.15) is 0 Å². The summed E-state index contributed by atoms with van der Waals surface area (Å²) in [5.74, 6) is 0.0470. The molecule has 31 heavy (non-hydrogen) atoms. The van der Waals surface area contributed by atoms with Crippen molar-refractivity contribution in [1.82, 2.24) is 15.2 Å². The summed E-state index contributed by atoms with van der Waals surface area (Å²) < 4.78 is 0. The third-order valence-electron chi connectivity index (χ3n) is 6.22.